The highest BCUT2D eigenvalue weighted by Gasteiger charge is 2.17. The number of carbonyl (C=O) groups is 2. The molecule has 0 spiro atoms. The van der Waals surface area contributed by atoms with Crippen LogP contribution in [0.1, 0.15) is 31.2 Å². The number of ether oxygens (including phenoxy) is 1. The van der Waals surface area contributed by atoms with E-state index in [2.05, 4.69) is 4.98 Å². The Morgan fingerprint density at radius 2 is 2.08 bits per heavy atom. The molecule has 0 aliphatic rings. The summed E-state index contributed by atoms with van der Waals surface area (Å²) in [6.07, 6.45) is 4.50. The van der Waals surface area contributed by atoms with Crippen LogP contribution in [0.25, 0.3) is 16.3 Å². The minimum Gasteiger partial charge on any atom is -0.506 e. The number of hydrogen-bond donors (Lipinski definition) is 1. The van der Waals surface area contributed by atoms with Gasteiger partial charge in [-0.25, -0.2) is 9.78 Å². The Morgan fingerprint density at radius 3 is 2.77 bits per heavy atom. The van der Waals surface area contributed by atoms with Gasteiger partial charge in [-0.05, 0) is 42.3 Å². The number of nitrogens with zero attached hydrogens (tertiary/aromatic N) is 1. The molecule has 1 aromatic carbocycles. The van der Waals surface area contributed by atoms with Gasteiger partial charge >= 0.3 is 5.97 Å². The first-order chi connectivity index (χ1) is 12.4. The molecule has 0 fully saturated rings. The molecule has 3 rings (SSSR count). The smallest absolute Gasteiger partial charge is 0.348 e. The maximum Gasteiger partial charge on any atom is 0.348 e. The highest BCUT2D eigenvalue weighted by molar-refractivity contribution is 7.20. The topological polar surface area (TPSA) is 76.5 Å². The second-order valence-electron chi connectivity index (χ2n) is 5.53. The van der Waals surface area contributed by atoms with Crippen molar-refractivity contribution in [3.63, 3.8) is 0 Å². The Morgan fingerprint density at radius 1 is 1.31 bits per heavy atom. The molecule has 1 N–H and O–H groups in total. The first-order valence-electron chi connectivity index (χ1n) is 7.59. The second kappa shape index (κ2) is 7.27. The number of allylic oxidation sites excluding steroid dienone is 1. The van der Waals surface area contributed by atoms with Crippen LogP contribution in [0.5, 0.6) is 5.75 Å². The van der Waals surface area contributed by atoms with Crippen molar-refractivity contribution < 1.29 is 19.4 Å². The molecular weight excluding hydrogens is 374 g/mol. The summed E-state index contributed by atoms with van der Waals surface area (Å²) in [5.74, 6) is -0.657. The largest absolute Gasteiger partial charge is 0.506 e. The molecule has 7 heteroatoms. The van der Waals surface area contributed by atoms with Gasteiger partial charge in [0.15, 0.2) is 5.78 Å². The average molecular weight is 388 g/mol. The third kappa shape index (κ3) is 3.47. The summed E-state index contributed by atoms with van der Waals surface area (Å²) in [5.41, 5.74) is 1.85. The number of aryl methyl sites for hydroxylation is 1. The lowest BCUT2D eigenvalue weighted by Gasteiger charge is -1.99. The van der Waals surface area contributed by atoms with E-state index < -0.39 is 5.97 Å². The van der Waals surface area contributed by atoms with Crippen molar-refractivity contribution in [3.05, 3.63) is 63.1 Å². The molecule has 0 radical (unpaired) electrons. The first kappa shape index (κ1) is 18.1. The van der Waals surface area contributed by atoms with Gasteiger partial charge in [-0.2, -0.15) is 0 Å². The van der Waals surface area contributed by atoms with Crippen molar-refractivity contribution in [2.45, 2.75) is 6.92 Å². The SMILES string of the molecule is COC(=O)c1sc2ncc(C(=O)C=Cc3ccc(O)c(Cl)c3)cc2c1C. The Bertz CT molecular complexity index is 1060. The number of carbonyl (C=O) groups excluding carboxylic acids is 2. The highest BCUT2D eigenvalue weighted by atomic mass is 35.5. The third-order valence-corrected chi connectivity index (χ3v) is 5.35. The van der Waals surface area contributed by atoms with Crippen molar-refractivity contribution >= 4 is 51.0 Å². The molecule has 2 heterocycles. The first-order valence-corrected chi connectivity index (χ1v) is 8.78. The minimum atomic E-state index is -0.414. The van der Waals surface area contributed by atoms with Gasteiger partial charge < -0.3 is 9.84 Å². The molecule has 2 aromatic heterocycles. The number of rotatable bonds is 4. The van der Waals surface area contributed by atoms with Crippen LogP contribution in [0.4, 0.5) is 0 Å². The van der Waals surface area contributed by atoms with Gasteiger partial charge in [0.2, 0.25) is 0 Å². The third-order valence-electron chi connectivity index (χ3n) is 3.85. The van der Waals surface area contributed by atoms with Gasteiger partial charge in [-0.3, -0.25) is 4.79 Å². The predicted octanol–water partition coefficient (Wildman–Crippen LogP) is 4.65. The van der Waals surface area contributed by atoms with E-state index in [-0.39, 0.29) is 16.6 Å². The molecule has 26 heavy (non-hydrogen) atoms. The molecule has 132 valence electrons. The molecule has 5 nitrogen and oxygen atoms in total. The van der Waals surface area contributed by atoms with Crippen LogP contribution in [0.3, 0.4) is 0 Å². The molecule has 0 bridgehead atoms. The number of methoxy groups -OCH3 is 1. The van der Waals surface area contributed by atoms with E-state index in [0.29, 0.717) is 20.8 Å². The van der Waals surface area contributed by atoms with Gasteiger partial charge in [0.25, 0.3) is 0 Å². The van der Waals surface area contributed by atoms with Crippen LogP contribution in [-0.4, -0.2) is 29.0 Å². The molecule has 3 aromatic rings. The van der Waals surface area contributed by atoms with Crippen molar-refractivity contribution in [2.24, 2.45) is 0 Å². The van der Waals surface area contributed by atoms with E-state index in [1.54, 1.807) is 31.2 Å². The van der Waals surface area contributed by atoms with Gasteiger partial charge in [0, 0.05) is 17.1 Å². The lowest BCUT2D eigenvalue weighted by Crippen LogP contribution is -1.99. The molecule has 0 aliphatic heterocycles. The lowest BCUT2D eigenvalue weighted by molar-refractivity contribution is 0.0605. The second-order valence-corrected chi connectivity index (χ2v) is 6.94. The Hall–Kier alpha value is -2.70. The zero-order valence-electron chi connectivity index (χ0n) is 13.9. The molecule has 0 atom stereocenters. The van der Waals surface area contributed by atoms with Crippen molar-refractivity contribution in [2.75, 3.05) is 7.11 Å². The number of fused-ring (bicyclic) bond motifs is 1. The number of aromatic hydroxyl groups is 1. The normalized spacial score (nSPS) is 11.2. The fourth-order valence-electron chi connectivity index (χ4n) is 2.41. The Balaban J connectivity index is 1.90. The molecule has 0 amide bonds. The van der Waals surface area contributed by atoms with Gasteiger partial charge in [-0.1, -0.05) is 23.7 Å². The number of thiophene rings is 1. The summed E-state index contributed by atoms with van der Waals surface area (Å²) in [6.45, 7) is 1.80. The van der Waals surface area contributed by atoms with Gasteiger partial charge in [-0.15, -0.1) is 11.3 Å². The van der Waals surface area contributed by atoms with Crippen LogP contribution >= 0.6 is 22.9 Å². The number of esters is 1. The number of benzene rings is 1. The minimum absolute atomic E-state index is 0.0147. The summed E-state index contributed by atoms with van der Waals surface area (Å²) >= 11 is 7.09. The number of ketones is 1. The van der Waals surface area contributed by atoms with Crippen LogP contribution in [-0.2, 0) is 4.74 Å². The molecular formula is C19H14ClNO4S. The Labute approximate surface area is 158 Å². The van der Waals surface area contributed by atoms with E-state index in [1.165, 1.54) is 36.8 Å². The summed E-state index contributed by atoms with van der Waals surface area (Å²) in [7, 11) is 1.33. The quantitative estimate of drug-likeness (QED) is 0.400. The Kier molecular flexibility index (Phi) is 5.06. The van der Waals surface area contributed by atoms with Crippen molar-refractivity contribution in [1.29, 1.82) is 0 Å². The standard InChI is InChI=1S/C19H14ClNO4S/c1-10-13-8-12(9-21-18(13)26-17(10)19(24)25-2)15(22)5-3-11-4-6-16(23)14(20)7-11/h3-9,23H,1-2H3. The van der Waals surface area contributed by atoms with E-state index in [0.717, 1.165) is 10.9 Å². The number of hydrogen-bond acceptors (Lipinski definition) is 6. The monoisotopic (exact) mass is 387 g/mol. The number of phenolic OH excluding ortho intramolecular Hbond substituents is 1. The van der Waals surface area contributed by atoms with Crippen molar-refractivity contribution in [1.82, 2.24) is 4.98 Å². The summed E-state index contributed by atoms with van der Waals surface area (Å²) in [4.78, 5) is 29.6. The number of halogens is 1. The van der Waals surface area contributed by atoms with Gasteiger partial charge in [0.1, 0.15) is 15.5 Å². The van der Waals surface area contributed by atoms with Crippen LogP contribution in [0.2, 0.25) is 5.02 Å². The zero-order valence-corrected chi connectivity index (χ0v) is 15.5. The molecule has 0 saturated heterocycles. The molecule has 0 aliphatic carbocycles. The number of pyridine rings is 1. The fourth-order valence-corrected chi connectivity index (χ4v) is 3.65. The highest BCUT2D eigenvalue weighted by Crippen LogP contribution is 2.30. The lowest BCUT2D eigenvalue weighted by atomic mass is 10.1. The zero-order chi connectivity index (χ0) is 18.8. The van der Waals surface area contributed by atoms with E-state index in [4.69, 9.17) is 16.3 Å². The van der Waals surface area contributed by atoms with Crippen LogP contribution in [0, 0.1) is 6.92 Å². The maximum absolute atomic E-state index is 12.4. The number of aromatic nitrogens is 1. The summed E-state index contributed by atoms with van der Waals surface area (Å²) < 4.78 is 4.77. The van der Waals surface area contributed by atoms with Gasteiger partial charge in [0.05, 0.1) is 12.1 Å². The number of phenols is 1. The summed E-state index contributed by atoms with van der Waals surface area (Å²) in [5, 5.41) is 10.4. The fraction of sp³-hybridized carbons (Fsp3) is 0.105. The van der Waals surface area contributed by atoms with E-state index >= 15 is 0 Å². The average Bonchev–Trinajstić information content (AvgIpc) is 2.98. The summed E-state index contributed by atoms with van der Waals surface area (Å²) in [6, 6.07) is 6.39. The van der Waals surface area contributed by atoms with E-state index in [1.807, 2.05) is 0 Å². The maximum atomic E-state index is 12.4. The predicted molar refractivity (Wildman–Crippen MR) is 102 cm³/mol. The molecule has 0 unspecified atom stereocenters. The van der Waals surface area contributed by atoms with E-state index in [9.17, 15) is 14.7 Å². The van der Waals surface area contributed by atoms with Crippen molar-refractivity contribution in [3.8, 4) is 5.75 Å². The van der Waals surface area contributed by atoms with Crippen LogP contribution in [0.15, 0.2) is 36.5 Å². The van der Waals surface area contributed by atoms with Crippen LogP contribution < -0.4 is 0 Å². The molecule has 0 saturated carbocycles.